The molecule has 0 heterocycles. The number of nitrogens with zero attached hydrogens (tertiary/aromatic N) is 2. The van der Waals surface area contributed by atoms with Crippen LogP contribution in [0.5, 0.6) is 5.75 Å². The number of hydrogen-bond donors (Lipinski definition) is 2. The van der Waals surface area contributed by atoms with Crippen LogP contribution < -0.4 is 15.4 Å². The van der Waals surface area contributed by atoms with Crippen molar-refractivity contribution in [2.45, 2.75) is 6.92 Å². The number of rotatable bonds is 4. The molecule has 0 radical (unpaired) electrons. The molecule has 0 fully saturated rings. The van der Waals surface area contributed by atoms with Gasteiger partial charge in [-0.15, -0.1) is 0 Å². The van der Waals surface area contributed by atoms with Crippen LogP contribution in [0.15, 0.2) is 47.6 Å². The molecule has 110 valence electrons. The van der Waals surface area contributed by atoms with Crippen molar-refractivity contribution in [1.82, 2.24) is 0 Å². The zero-order chi connectivity index (χ0) is 15.4. The van der Waals surface area contributed by atoms with Gasteiger partial charge in [-0.25, -0.2) is 0 Å². The number of ether oxygens (including phenoxy) is 1. The number of nitrogens with two attached hydrogens (primary N) is 1. The van der Waals surface area contributed by atoms with Gasteiger partial charge in [-0.1, -0.05) is 23.4 Å². The fraction of sp³-hybridized carbons (Fsp3) is 0.188. The predicted molar refractivity (Wildman–Crippen MR) is 84.7 cm³/mol. The van der Waals surface area contributed by atoms with E-state index in [1.54, 1.807) is 7.11 Å². The van der Waals surface area contributed by atoms with E-state index >= 15 is 0 Å². The number of hydrogen-bond acceptors (Lipinski definition) is 4. The molecular formula is C16H19N3O2. The first-order chi connectivity index (χ1) is 10.1. The molecule has 0 saturated carbocycles. The Bertz CT molecular complexity index is 668. The van der Waals surface area contributed by atoms with Crippen molar-refractivity contribution in [2.24, 2.45) is 10.9 Å². The van der Waals surface area contributed by atoms with E-state index in [2.05, 4.69) is 5.16 Å². The van der Waals surface area contributed by atoms with Gasteiger partial charge >= 0.3 is 0 Å². The van der Waals surface area contributed by atoms with E-state index in [0.717, 1.165) is 22.7 Å². The van der Waals surface area contributed by atoms with Crippen LogP contribution in [0.25, 0.3) is 0 Å². The Balaban J connectivity index is 2.57. The molecule has 0 unspecified atom stereocenters. The van der Waals surface area contributed by atoms with Crippen LogP contribution in [0.3, 0.4) is 0 Å². The molecule has 2 rings (SSSR count). The van der Waals surface area contributed by atoms with Crippen molar-refractivity contribution in [3.63, 3.8) is 0 Å². The molecule has 0 bridgehead atoms. The number of anilines is 2. The zero-order valence-electron chi connectivity index (χ0n) is 12.4. The second-order valence-electron chi connectivity index (χ2n) is 4.74. The van der Waals surface area contributed by atoms with Crippen molar-refractivity contribution in [3.05, 3.63) is 53.6 Å². The third kappa shape index (κ3) is 2.91. The van der Waals surface area contributed by atoms with Gasteiger partial charge in [0, 0.05) is 12.6 Å². The highest BCUT2D eigenvalue weighted by molar-refractivity contribution is 6.03. The lowest BCUT2D eigenvalue weighted by atomic mass is 10.1. The number of para-hydroxylation sites is 2. The minimum atomic E-state index is 0.0757. The molecule has 0 spiro atoms. The second kappa shape index (κ2) is 6.17. The highest BCUT2D eigenvalue weighted by Gasteiger charge is 2.15. The molecule has 5 heteroatoms. The van der Waals surface area contributed by atoms with E-state index in [9.17, 15) is 0 Å². The quantitative estimate of drug-likeness (QED) is 0.392. The summed E-state index contributed by atoms with van der Waals surface area (Å²) in [7, 11) is 3.55. The Morgan fingerprint density at radius 1 is 1.19 bits per heavy atom. The normalized spacial score (nSPS) is 11.3. The summed E-state index contributed by atoms with van der Waals surface area (Å²) in [5.41, 5.74) is 9.26. The molecule has 3 N–H and O–H groups in total. The summed E-state index contributed by atoms with van der Waals surface area (Å²) in [6.07, 6.45) is 0. The summed E-state index contributed by atoms with van der Waals surface area (Å²) in [5.74, 6) is 0.832. The van der Waals surface area contributed by atoms with Crippen LogP contribution in [0.4, 0.5) is 11.4 Å². The van der Waals surface area contributed by atoms with Crippen molar-refractivity contribution in [3.8, 4) is 5.75 Å². The third-order valence-corrected chi connectivity index (χ3v) is 3.34. The van der Waals surface area contributed by atoms with Gasteiger partial charge in [-0.05, 0) is 36.8 Å². The molecule has 0 aromatic heterocycles. The van der Waals surface area contributed by atoms with E-state index in [1.807, 2.05) is 61.3 Å². The van der Waals surface area contributed by atoms with Gasteiger partial charge < -0.3 is 20.6 Å². The van der Waals surface area contributed by atoms with Gasteiger partial charge in [0.2, 0.25) is 0 Å². The van der Waals surface area contributed by atoms with Gasteiger partial charge in [0.1, 0.15) is 5.75 Å². The van der Waals surface area contributed by atoms with Crippen molar-refractivity contribution in [1.29, 1.82) is 0 Å². The van der Waals surface area contributed by atoms with Crippen LogP contribution in [0, 0.1) is 6.92 Å². The maximum atomic E-state index is 8.95. The minimum Gasteiger partial charge on any atom is -0.495 e. The fourth-order valence-electron chi connectivity index (χ4n) is 2.23. The standard InChI is InChI=1S/C16H19N3O2/c1-11-8-9-12(16(17)18-20)14(10-11)19(2)13-6-4-5-7-15(13)21-3/h4-10,20H,1-3H3,(H2,17,18). The van der Waals surface area contributed by atoms with Crippen LogP contribution in [-0.4, -0.2) is 25.2 Å². The maximum absolute atomic E-state index is 8.95. The molecule has 2 aromatic rings. The Kier molecular flexibility index (Phi) is 4.33. The van der Waals surface area contributed by atoms with Gasteiger partial charge in [-0.2, -0.15) is 0 Å². The number of oxime groups is 1. The maximum Gasteiger partial charge on any atom is 0.172 e. The monoisotopic (exact) mass is 285 g/mol. The molecule has 0 saturated heterocycles. The van der Waals surface area contributed by atoms with Crippen LogP contribution >= 0.6 is 0 Å². The number of amidine groups is 1. The van der Waals surface area contributed by atoms with Crippen molar-refractivity contribution >= 4 is 17.2 Å². The van der Waals surface area contributed by atoms with Gasteiger partial charge in [0.25, 0.3) is 0 Å². The molecule has 0 aliphatic carbocycles. The first kappa shape index (κ1) is 14.7. The Morgan fingerprint density at radius 3 is 2.57 bits per heavy atom. The SMILES string of the molecule is COc1ccccc1N(C)c1cc(C)ccc1C(N)=NO. The first-order valence-electron chi connectivity index (χ1n) is 6.53. The number of aryl methyl sites for hydroxylation is 1. The zero-order valence-corrected chi connectivity index (χ0v) is 12.4. The predicted octanol–water partition coefficient (Wildman–Crippen LogP) is 2.87. The third-order valence-electron chi connectivity index (χ3n) is 3.34. The van der Waals surface area contributed by atoms with Gasteiger partial charge in [0.05, 0.1) is 18.5 Å². The lowest BCUT2D eigenvalue weighted by Gasteiger charge is -2.24. The number of benzene rings is 2. The number of methoxy groups -OCH3 is 1. The average Bonchev–Trinajstić information content (AvgIpc) is 2.53. The second-order valence-corrected chi connectivity index (χ2v) is 4.74. The molecule has 2 aromatic carbocycles. The molecule has 0 aliphatic heterocycles. The molecule has 21 heavy (non-hydrogen) atoms. The van der Waals surface area contributed by atoms with Gasteiger partial charge in [-0.3, -0.25) is 0 Å². The molecule has 0 atom stereocenters. The van der Waals surface area contributed by atoms with E-state index in [0.29, 0.717) is 5.56 Å². The van der Waals surface area contributed by atoms with Gasteiger partial charge in [0.15, 0.2) is 5.84 Å². The van der Waals surface area contributed by atoms with Crippen molar-refractivity contribution < 1.29 is 9.94 Å². The largest absolute Gasteiger partial charge is 0.495 e. The lowest BCUT2D eigenvalue weighted by molar-refractivity contribution is 0.318. The fourth-order valence-corrected chi connectivity index (χ4v) is 2.23. The molecule has 0 amide bonds. The van der Waals surface area contributed by atoms with Crippen LogP contribution in [0.1, 0.15) is 11.1 Å². The van der Waals surface area contributed by atoms with Crippen molar-refractivity contribution in [2.75, 3.05) is 19.1 Å². The molecule has 5 nitrogen and oxygen atoms in total. The summed E-state index contributed by atoms with van der Waals surface area (Å²) < 4.78 is 5.39. The van der Waals surface area contributed by atoms with Crippen LogP contribution in [-0.2, 0) is 0 Å². The smallest absolute Gasteiger partial charge is 0.172 e. The first-order valence-corrected chi connectivity index (χ1v) is 6.53. The average molecular weight is 285 g/mol. The summed E-state index contributed by atoms with van der Waals surface area (Å²) in [6.45, 7) is 2.00. The summed E-state index contributed by atoms with van der Waals surface area (Å²) in [6, 6.07) is 13.4. The van der Waals surface area contributed by atoms with E-state index in [1.165, 1.54) is 0 Å². The highest BCUT2D eigenvalue weighted by atomic mass is 16.5. The highest BCUT2D eigenvalue weighted by Crippen LogP contribution is 2.34. The van der Waals surface area contributed by atoms with E-state index in [4.69, 9.17) is 15.7 Å². The van der Waals surface area contributed by atoms with E-state index in [-0.39, 0.29) is 5.84 Å². The Hall–Kier alpha value is -2.69. The van der Waals surface area contributed by atoms with E-state index < -0.39 is 0 Å². The summed E-state index contributed by atoms with van der Waals surface area (Å²) in [5, 5.41) is 12.1. The summed E-state index contributed by atoms with van der Waals surface area (Å²) >= 11 is 0. The minimum absolute atomic E-state index is 0.0757. The Morgan fingerprint density at radius 2 is 1.90 bits per heavy atom. The Labute approximate surface area is 124 Å². The lowest BCUT2D eigenvalue weighted by Crippen LogP contribution is -2.20. The molecule has 0 aliphatic rings. The molecular weight excluding hydrogens is 266 g/mol. The van der Waals surface area contributed by atoms with Crippen LogP contribution in [0.2, 0.25) is 0 Å². The summed E-state index contributed by atoms with van der Waals surface area (Å²) in [4.78, 5) is 1.96. The topological polar surface area (TPSA) is 71.1 Å².